The first-order valence-corrected chi connectivity index (χ1v) is 7.20. The number of ether oxygens (including phenoxy) is 1. The van der Waals surface area contributed by atoms with E-state index in [-0.39, 0.29) is 5.91 Å². The maximum atomic E-state index is 12.1. The van der Waals surface area contributed by atoms with Crippen molar-refractivity contribution in [3.8, 4) is 5.75 Å². The third-order valence-corrected chi connectivity index (χ3v) is 3.45. The second-order valence-corrected chi connectivity index (χ2v) is 5.37. The van der Waals surface area contributed by atoms with E-state index in [1.807, 2.05) is 45.0 Å². The molecule has 2 aromatic carbocycles. The summed E-state index contributed by atoms with van der Waals surface area (Å²) in [5.74, 6) is 0.630. The number of amides is 1. The summed E-state index contributed by atoms with van der Waals surface area (Å²) in [6, 6.07) is 11.7. The van der Waals surface area contributed by atoms with Crippen molar-refractivity contribution in [2.45, 2.75) is 20.8 Å². The van der Waals surface area contributed by atoms with Gasteiger partial charge in [-0.3, -0.25) is 4.79 Å². The molecule has 0 bridgehead atoms. The zero-order valence-corrected chi connectivity index (χ0v) is 13.4. The van der Waals surface area contributed by atoms with Crippen LogP contribution in [0.25, 0.3) is 6.08 Å². The van der Waals surface area contributed by atoms with Crippen LogP contribution in [0.3, 0.4) is 0 Å². The first-order chi connectivity index (χ1) is 10.5. The smallest absolute Gasteiger partial charge is 0.248 e. The number of benzene rings is 2. The molecule has 1 N–H and O–H groups in total. The van der Waals surface area contributed by atoms with Gasteiger partial charge in [0.05, 0.1) is 7.11 Å². The van der Waals surface area contributed by atoms with Crippen LogP contribution in [0.15, 0.2) is 42.5 Å². The van der Waals surface area contributed by atoms with Gasteiger partial charge in [0.15, 0.2) is 0 Å². The first kappa shape index (κ1) is 15.8. The van der Waals surface area contributed by atoms with E-state index in [1.165, 1.54) is 11.6 Å². The zero-order valence-electron chi connectivity index (χ0n) is 13.4. The minimum Gasteiger partial charge on any atom is -0.497 e. The minimum atomic E-state index is -0.141. The minimum absolute atomic E-state index is 0.141. The third kappa shape index (κ3) is 3.98. The molecule has 0 aliphatic carbocycles. The lowest BCUT2D eigenvalue weighted by atomic mass is 10.1. The lowest BCUT2D eigenvalue weighted by Crippen LogP contribution is -2.10. The number of carbonyl (C=O) groups excluding carboxylic acids is 1. The highest BCUT2D eigenvalue weighted by molar-refractivity contribution is 6.02. The molecular weight excluding hydrogens is 274 g/mol. The maximum absolute atomic E-state index is 12.1. The second-order valence-electron chi connectivity index (χ2n) is 5.37. The molecule has 0 atom stereocenters. The monoisotopic (exact) mass is 295 g/mol. The fourth-order valence-corrected chi connectivity index (χ4v) is 2.46. The second kappa shape index (κ2) is 6.94. The normalized spacial score (nSPS) is 10.7. The molecule has 0 aliphatic heterocycles. The Morgan fingerprint density at radius 3 is 2.41 bits per heavy atom. The number of aryl methyl sites for hydroxylation is 3. The Bertz CT molecular complexity index is 694. The van der Waals surface area contributed by atoms with Crippen LogP contribution in [-0.2, 0) is 4.79 Å². The molecule has 2 aromatic rings. The highest BCUT2D eigenvalue weighted by Crippen LogP contribution is 2.22. The SMILES string of the molecule is COc1cccc(/C=C/C(=O)Nc2c(C)cc(C)cc2C)c1. The van der Waals surface area contributed by atoms with Crippen molar-refractivity contribution in [2.24, 2.45) is 0 Å². The van der Waals surface area contributed by atoms with E-state index >= 15 is 0 Å². The summed E-state index contributed by atoms with van der Waals surface area (Å²) in [6.07, 6.45) is 3.31. The van der Waals surface area contributed by atoms with Crippen LogP contribution in [0.2, 0.25) is 0 Å². The summed E-state index contributed by atoms with van der Waals surface area (Å²) < 4.78 is 5.17. The van der Waals surface area contributed by atoms with Gasteiger partial charge < -0.3 is 10.1 Å². The Morgan fingerprint density at radius 2 is 1.77 bits per heavy atom. The molecule has 0 unspecified atom stereocenters. The number of carbonyl (C=O) groups is 1. The fourth-order valence-electron chi connectivity index (χ4n) is 2.46. The number of nitrogens with one attached hydrogen (secondary N) is 1. The van der Waals surface area contributed by atoms with Gasteiger partial charge in [0.2, 0.25) is 5.91 Å². The van der Waals surface area contributed by atoms with E-state index < -0.39 is 0 Å². The van der Waals surface area contributed by atoms with Crippen molar-refractivity contribution in [2.75, 3.05) is 12.4 Å². The summed E-state index contributed by atoms with van der Waals surface area (Å²) in [5.41, 5.74) is 5.14. The van der Waals surface area contributed by atoms with Crippen LogP contribution < -0.4 is 10.1 Å². The van der Waals surface area contributed by atoms with Crippen molar-refractivity contribution in [3.63, 3.8) is 0 Å². The molecule has 22 heavy (non-hydrogen) atoms. The molecule has 3 heteroatoms. The van der Waals surface area contributed by atoms with E-state index in [9.17, 15) is 4.79 Å². The third-order valence-electron chi connectivity index (χ3n) is 3.45. The van der Waals surface area contributed by atoms with Gasteiger partial charge in [-0.25, -0.2) is 0 Å². The Labute approximate surface area is 131 Å². The number of hydrogen-bond donors (Lipinski definition) is 1. The largest absolute Gasteiger partial charge is 0.497 e. The van der Waals surface area contributed by atoms with Crippen LogP contribution in [0.1, 0.15) is 22.3 Å². The van der Waals surface area contributed by atoms with Gasteiger partial charge in [0.25, 0.3) is 0 Å². The molecular formula is C19H21NO2. The Kier molecular flexibility index (Phi) is 4.99. The Hall–Kier alpha value is -2.55. The van der Waals surface area contributed by atoms with Gasteiger partial charge in [0, 0.05) is 11.8 Å². The quantitative estimate of drug-likeness (QED) is 0.855. The van der Waals surface area contributed by atoms with E-state index in [2.05, 4.69) is 17.4 Å². The lowest BCUT2D eigenvalue weighted by molar-refractivity contribution is -0.111. The molecule has 0 aliphatic rings. The topological polar surface area (TPSA) is 38.3 Å². The molecule has 0 fully saturated rings. The van der Waals surface area contributed by atoms with Gasteiger partial charge in [-0.1, -0.05) is 29.8 Å². The van der Waals surface area contributed by atoms with Crippen LogP contribution in [-0.4, -0.2) is 13.0 Å². The molecule has 3 nitrogen and oxygen atoms in total. The lowest BCUT2D eigenvalue weighted by Gasteiger charge is -2.11. The Balaban J connectivity index is 2.11. The highest BCUT2D eigenvalue weighted by atomic mass is 16.5. The van der Waals surface area contributed by atoms with Crippen molar-refractivity contribution in [1.29, 1.82) is 0 Å². The van der Waals surface area contributed by atoms with E-state index in [0.29, 0.717) is 0 Å². The van der Waals surface area contributed by atoms with Crippen molar-refractivity contribution in [3.05, 3.63) is 64.7 Å². The van der Waals surface area contributed by atoms with Crippen LogP contribution >= 0.6 is 0 Å². The fraction of sp³-hybridized carbons (Fsp3) is 0.211. The predicted molar refractivity (Wildman–Crippen MR) is 91.3 cm³/mol. The molecule has 0 saturated carbocycles. The van der Waals surface area contributed by atoms with E-state index in [1.54, 1.807) is 13.2 Å². The molecule has 0 aromatic heterocycles. The predicted octanol–water partition coefficient (Wildman–Crippen LogP) is 4.27. The number of methoxy groups -OCH3 is 1. The van der Waals surface area contributed by atoms with Crippen LogP contribution in [0.4, 0.5) is 5.69 Å². The van der Waals surface area contributed by atoms with Gasteiger partial charge in [0.1, 0.15) is 5.75 Å². The summed E-state index contributed by atoms with van der Waals surface area (Å²) in [4.78, 5) is 12.1. The number of hydrogen-bond acceptors (Lipinski definition) is 2. The van der Waals surface area contributed by atoms with Gasteiger partial charge in [-0.15, -0.1) is 0 Å². The summed E-state index contributed by atoms with van der Waals surface area (Å²) in [5, 5.41) is 2.95. The molecule has 2 rings (SSSR count). The summed E-state index contributed by atoms with van der Waals surface area (Å²) in [7, 11) is 1.62. The van der Waals surface area contributed by atoms with Crippen LogP contribution in [0.5, 0.6) is 5.75 Å². The Morgan fingerprint density at radius 1 is 1.09 bits per heavy atom. The van der Waals surface area contributed by atoms with Gasteiger partial charge in [-0.2, -0.15) is 0 Å². The van der Waals surface area contributed by atoms with Crippen molar-refractivity contribution in [1.82, 2.24) is 0 Å². The number of anilines is 1. The van der Waals surface area contributed by atoms with Crippen molar-refractivity contribution < 1.29 is 9.53 Å². The molecule has 0 heterocycles. The molecule has 0 saturated heterocycles. The zero-order chi connectivity index (χ0) is 16.1. The maximum Gasteiger partial charge on any atom is 0.248 e. The average Bonchev–Trinajstić information content (AvgIpc) is 2.49. The molecule has 0 spiro atoms. The average molecular weight is 295 g/mol. The summed E-state index contributed by atoms with van der Waals surface area (Å²) >= 11 is 0. The van der Waals surface area contributed by atoms with Crippen molar-refractivity contribution >= 4 is 17.7 Å². The first-order valence-electron chi connectivity index (χ1n) is 7.20. The van der Waals surface area contributed by atoms with Crippen LogP contribution in [0, 0.1) is 20.8 Å². The van der Waals surface area contributed by atoms with E-state index in [4.69, 9.17) is 4.74 Å². The summed E-state index contributed by atoms with van der Waals surface area (Å²) in [6.45, 7) is 6.05. The highest BCUT2D eigenvalue weighted by Gasteiger charge is 2.06. The molecule has 1 amide bonds. The van der Waals surface area contributed by atoms with Gasteiger partial charge in [-0.05, 0) is 55.7 Å². The number of rotatable bonds is 4. The standard InChI is InChI=1S/C19H21NO2/c1-13-10-14(2)19(15(3)11-13)20-18(21)9-8-16-6-5-7-17(12-16)22-4/h5-12H,1-4H3,(H,20,21)/b9-8+. The van der Waals surface area contributed by atoms with E-state index in [0.717, 1.165) is 28.1 Å². The molecule has 114 valence electrons. The molecule has 0 radical (unpaired) electrons. The van der Waals surface area contributed by atoms with Gasteiger partial charge >= 0.3 is 0 Å².